The Morgan fingerprint density at radius 3 is 3.00 bits per heavy atom. The lowest BCUT2D eigenvalue weighted by atomic mass is 10.1. The van der Waals surface area contributed by atoms with E-state index in [2.05, 4.69) is 15.6 Å². The van der Waals surface area contributed by atoms with E-state index in [1.165, 1.54) is 0 Å². The van der Waals surface area contributed by atoms with E-state index in [1.54, 1.807) is 6.20 Å². The minimum atomic E-state index is 0.347. The molecule has 13 heavy (non-hydrogen) atoms. The summed E-state index contributed by atoms with van der Waals surface area (Å²) in [5, 5.41) is 7.42. The summed E-state index contributed by atoms with van der Waals surface area (Å²) in [6.07, 6.45) is 3.51. The van der Waals surface area contributed by atoms with Gasteiger partial charge in [-0.15, -0.1) is 0 Å². The van der Waals surface area contributed by atoms with Crippen LogP contribution >= 0.6 is 11.6 Å². The largest absolute Gasteiger partial charge is 0.314 e. The lowest BCUT2D eigenvalue weighted by Gasteiger charge is -2.24. The van der Waals surface area contributed by atoms with Gasteiger partial charge in [0.05, 0.1) is 5.02 Å². The van der Waals surface area contributed by atoms with Crippen LogP contribution in [0.15, 0.2) is 18.5 Å². The fraction of sp³-hybridized carbons (Fsp3) is 0.444. The molecule has 0 bridgehead atoms. The summed E-state index contributed by atoms with van der Waals surface area (Å²) in [4.78, 5) is 4.06. The summed E-state index contributed by atoms with van der Waals surface area (Å²) >= 11 is 5.85. The van der Waals surface area contributed by atoms with Crippen LogP contribution in [0, 0.1) is 0 Å². The molecule has 2 N–H and O–H groups in total. The third kappa shape index (κ3) is 2.18. The van der Waals surface area contributed by atoms with Crippen molar-refractivity contribution >= 4 is 11.6 Å². The first-order valence-corrected chi connectivity index (χ1v) is 4.78. The molecule has 2 heterocycles. The molecule has 1 aromatic rings. The second-order valence-electron chi connectivity index (χ2n) is 3.15. The second kappa shape index (κ2) is 4.05. The van der Waals surface area contributed by atoms with E-state index in [0.29, 0.717) is 11.1 Å². The van der Waals surface area contributed by atoms with Crippen LogP contribution in [0.1, 0.15) is 11.6 Å². The Balaban J connectivity index is 2.14. The summed E-state index contributed by atoms with van der Waals surface area (Å²) in [6, 6.07) is 2.30. The molecule has 0 radical (unpaired) electrons. The number of hydrogen-bond donors (Lipinski definition) is 2. The Kier molecular flexibility index (Phi) is 2.78. The molecule has 3 nitrogen and oxygen atoms in total. The van der Waals surface area contributed by atoms with Gasteiger partial charge in [-0.05, 0) is 11.6 Å². The van der Waals surface area contributed by atoms with Gasteiger partial charge in [-0.25, -0.2) is 0 Å². The Morgan fingerprint density at radius 2 is 2.31 bits per heavy atom. The molecule has 70 valence electrons. The van der Waals surface area contributed by atoms with Gasteiger partial charge < -0.3 is 10.6 Å². The minimum Gasteiger partial charge on any atom is -0.314 e. The quantitative estimate of drug-likeness (QED) is 0.705. The molecule has 1 aliphatic rings. The Morgan fingerprint density at radius 1 is 1.38 bits per heavy atom. The van der Waals surface area contributed by atoms with Crippen LogP contribution in [0.3, 0.4) is 0 Å². The van der Waals surface area contributed by atoms with Crippen LogP contribution in [0.5, 0.6) is 0 Å². The molecule has 1 atom stereocenters. The third-order valence-electron chi connectivity index (χ3n) is 2.17. The van der Waals surface area contributed by atoms with Gasteiger partial charge in [0.1, 0.15) is 0 Å². The minimum absolute atomic E-state index is 0.347. The van der Waals surface area contributed by atoms with Crippen molar-refractivity contribution in [2.24, 2.45) is 0 Å². The van der Waals surface area contributed by atoms with Crippen molar-refractivity contribution in [3.05, 3.63) is 29.0 Å². The van der Waals surface area contributed by atoms with Crippen LogP contribution in [0.2, 0.25) is 5.02 Å². The third-order valence-corrected chi connectivity index (χ3v) is 2.38. The molecule has 1 aliphatic heterocycles. The number of nitrogens with zero attached hydrogens (tertiary/aromatic N) is 1. The number of hydrogen-bond acceptors (Lipinski definition) is 3. The van der Waals surface area contributed by atoms with Crippen molar-refractivity contribution in [3.63, 3.8) is 0 Å². The maximum Gasteiger partial charge on any atom is 0.0592 e. The van der Waals surface area contributed by atoms with Crippen molar-refractivity contribution in [1.82, 2.24) is 15.6 Å². The molecule has 0 unspecified atom stereocenters. The van der Waals surface area contributed by atoms with E-state index in [-0.39, 0.29) is 0 Å². The fourth-order valence-electron chi connectivity index (χ4n) is 1.51. The zero-order valence-electron chi connectivity index (χ0n) is 7.26. The number of pyridine rings is 1. The maximum absolute atomic E-state index is 5.85. The lowest BCUT2D eigenvalue weighted by molar-refractivity contribution is 0.429. The molecule has 1 fully saturated rings. The molecule has 0 amide bonds. The molecular formula is C9H12ClN3. The van der Waals surface area contributed by atoms with Gasteiger partial charge in [0.15, 0.2) is 0 Å². The van der Waals surface area contributed by atoms with E-state index in [4.69, 9.17) is 11.6 Å². The van der Waals surface area contributed by atoms with E-state index in [1.807, 2.05) is 12.3 Å². The highest BCUT2D eigenvalue weighted by atomic mass is 35.5. The summed E-state index contributed by atoms with van der Waals surface area (Å²) < 4.78 is 0. The second-order valence-corrected chi connectivity index (χ2v) is 3.58. The highest BCUT2D eigenvalue weighted by Gasteiger charge is 2.14. The van der Waals surface area contributed by atoms with Crippen LogP contribution in [0.25, 0.3) is 0 Å². The van der Waals surface area contributed by atoms with Crippen molar-refractivity contribution in [2.75, 3.05) is 19.6 Å². The Bertz CT molecular complexity index is 284. The summed E-state index contributed by atoms with van der Waals surface area (Å²) in [6.45, 7) is 2.98. The van der Waals surface area contributed by atoms with Crippen molar-refractivity contribution < 1.29 is 0 Å². The summed E-state index contributed by atoms with van der Waals surface area (Å²) in [5.74, 6) is 0. The smallest absolute Gasteiger partial charge is 0.0592 e. The average Bonchev–Trinajstić information content (AvgIpc) is 2.19. The van der Waals surface area contributed by atoms with Crippen molar-refractivity contribution in [1.29, 1.82) is 0 Å². The summed E-state index contributed by atoms with van der Waals surface area (Å²) in [7, 11) is 0. The lowest BCUT2D eigenvalue weighted by Crippen LogP contribution is -2.42. The molecular weight excluding hydrogens is 186 g/mol. The van der Waals surface area contributed by atoms with E-state index in [9.17, 15) is 0 Å². The average molecular weight is 198 g/mol. The summed E-state index contributed by atoms with van der Waals surface area (Å²) in [5.41, 5.74) is 1.15. The monoisotopic (exact) mass is 197 g/mol. The number of aromatic nitrogens is 1. The highest BCUT2D eigenvalue weighted by Crippen LogP contribution is 2.16. The van der Waals surface area contributed by atoms with Gasteiger partial charge in [-0.1, -0.05) is 11.6 Å². The van der Waals surface area contributed by atoms with Gasteiger partial charge in [0.2, 0.25) is 0 Å². The first kappa shape index (κ1) is 8.94. The molecule has 4 heteroatoms. The van der Waals surface area contributed by atoms with Gasteiger partial charge in [0.25, 0.3) is 0 Å². The van der Waals surface area contributed by atoms with E-state index in [0.717, 1.165) is 25.2 Å². The predicted molar refractivity (Wildman–Crippen MR) is 52.9 cm³/mol. The van der Waals surface area contributed by atoms with Gasteiger partial charge >= 0.3 is 0 Å². The van der Waals surface area contributed by atoms with Crippen LogP contribution in [-0.2, 0) is 0 Å². The topological polar surface area (TPSA) is 37.0 Å². The predicted octanol–water partition coefficient (Wildman–Crippen LogP) is 0.969. The fourth-order valence-corrected chi connectivity index (χ4v) is 1.69. The Labute approximate surface area is 82.5 Å². The van der Waals surface area contributed by atoms with Crippen LogP contribution < -0.4 is 10.6 Å². The number of piperazine rings is 1. The molecule has 0 spiro atoms. The standard InChI is InChI=1S/C9H12ClN3/c10-8-3-7(4-12-5-8)9-6-11-1-2-13-9/h3-5,9,11,13H,1-2,6H2/t9-/m1/s1. The normalized spacial score (nSPS) is 23.0. The SMILES string of the molecule is Clc1cncc([C@H]2CNCCN2)c1. The number of nitrogens with one attached hydrogen (secondary N) is 2. The van der Waals surface area contributed by atoms with E-state index >= 15 is 0 Å². The van der Waals surface area contributed by atoms with Crippen LogP contribution in [0.4, 0.5) is 0 Å². The van der Waals surface area contributed by atoms with E-state index < -0.39 is 0 Å². The number of halogens is 1. The molecule has 2 rings (SSSR count). The van der Waals surface area contributed by atoms with Crippen LogP contribution in [-0.4, -0.2) is 24.6 Å². The maximum atomic E-state index is 5.85. The van der Waals surface area contributed by atoms with Gasteiger partial charge in [0, 0.05) is 38.1 Å². The van der Waals surface area contributed by atoms with Gasteiger partial charge in [-0.3, -0.25) is 4.98 Å². The number of rotatable bonds is 1. The molecule has 0 saturated carbocycles. The van der Waals surface area contributed by atoms with Gasteiger partial charge in [-0.2, -0.15) is 0 Å². The molecule has 1 saturated heterocycles. The first-order chi connectivity index (χ1) is 6.36. The zero-order chi connectivity index (χ0) is 9.10. The molecule has 0 aliphatic carbocycles. The van der Waals surface area contributed by atoms with Crippen molar-refractivity contribution in [2.45, 2.75) is 6.04 Å². The highest BCUT2D eigenvalue weighted by molar-refractivity contribution is 6.30. The Hall–Kier alpha value is -0.640. The molecule has 1 aromatic heterocycles. The van der Waals surface area contributed by atoms with Crippen molar-refractivity contribution in [3.8, 4) is 0 Å². The molecule has 0 aromatic carbocycles. The first-order valence-electron chi connectivity index (χ1n) is 4.41. The zero-order valence-corrected chi connectivity index (χ0v) is 8.01.